The van der Waals surface area contributed by atoms with Gasteiger partial charge in [-0.2, -0.15) is 11.1 Å². The van der Waals surface area contributed by atoms with Crippen LogP contribution in [0, 0.1) is 48.5 Å². The van der Waals surface area contributed by atoms with Crippen molar-refractivity contribution in [1.29, 1.82) is 0 Å². The average Bonchev–Trinajstić information content (AvgIpc) is 2.97. The van der Waals surface area contributed by atoms with Crippen LogP contribution < -0.4 is 47.6 Å². The molecule has 0 radical (unpaired) electrons. The molecule has 4 aromatic rings. The molecule has 0 heterocycles. The van der Waals surface area contributed by atoms with E-state index in [1.54, 1.807) is 15.9 Å². The molecule has 0 aliphatic heterocycles. The Morgan fingerprint density at radius 2 is 0.972 bits per heavy atom. The van der Waals surface area contributed by atoms with Crippen LogP contribution in [0.2, 0.25) is 0 Å². The van der Waals surface area contributed by atoms with Gasteiger partial charge in [-0.1, -0.05) is 132 Å². The second kappa shape index (κ2) is 14.7. The van der Waals surface area contributed by atoms with Crippen molar-refractivity contribution in [3.8, 4) is 11.1 Å². The zero-order valence-electron chi connectivity index (χ0n) is 22.3. The molecule has 188 valence electrons. The third-order valence-corrected chi connectivity index (χ3v) is 11.5. The molecule has 0 spiro atoms. The minimum Gasteiger partial charge on any atom is -1.00 e. The van der Waals surface area contributed by atoms with Crippen LogP contribution in [0.25, 0.3) is 11.1 Å². The molecule has 0 N–H and O–H groups in total. The molecule has 0 nitrogen and oxygen atoms in total. The molecule has 36 heavy (non-hydrogen) atoms. The van der Waals surface area contributed by atoms with E-state index in [2.05, 4.69) is 115 Å². The maximum atomic E-state index is 2.34. The first-order valence-corrected chi connectivity index (χ1v) is 13.7. The Balaban J connectivity index is 0.00000306. The Kier molecular flexibility index (Phi) is 14.2. The van der Waals surface area contributed by atoms with Crippen molar-refractivity contribution in [3.05, 3.63) is 111 Å². The van der Waals surface area contributed by atoms with Crippen molar-refractivity contribution in [2.75, 3.05) is 0 Å². The number of rotatable bonds is 5. The molecule has 0 aliphatic carbocycles. The molecule has 0 aromatic heterocycles. The van der Waals surface area contributed by atoms with Gasteiger partial charge in [-0.25, -0.2) is 0 Å². The standard InChI is InChI=1S/C31H35Si.3ClH.Ti/c1-20-13-11-14-21(2)30(20)32(31-22(3)15-12-16-23(31)4)19-28-25(6)24(5)26(7)29(28)27-17-9-8-10-18-27;;;;/h8-18,32H,19H2,1-7H3;3*1H;/q-1;;;;+4/p-3. The van der Waals surface area contributed by atoms with Gasteiger partial charge in [0.2, 0.25) is 0 Å². The Labute approximate surface area is 253 Å². The predicted molar refractivity (Wildman–Crippen MR) is 144 cm³/mol. The minimum absolute atomic E-state index is 0. The van der Waals surface area contributed by atoms with Crippen LogP contribution in [-0.2, 0) is 27.8 Å². The van der Waals surface area contributed by atoms with Gasteiger partial charge < -0.3 is 37.2 Å². The van der Waals surface area contributed by atoms with E-state index in [1.165, 1.54) is 50.1 Å². The van der Waals surface area contributed by atoms with Gasteiger partial charge in [0.15, 0.2) is 0 Å². The van der Waals surface area contributed by atoms with Crippen LogP contribution in [0.15, 0.2) is 66.7 Å². The monoisotopic (exact) mass is 588 g/mol. The first-order valence-electron chi connectivity index (χ1n) is 11.7. The SMILES string of the molecule is Cc1cccc(C)c1[SiH](C[c-]1c(C)c(C)c(C)c1-c1ccccc1)c1c(C)cccc1C.[Cl-].[Cl-].[Cl-].[Ti+4]. The van der Waals surface area contributed by atoms with E-state index >= 15 is 0 Å². The molecule has 0 amide bonds. The molecule has 0 fully saturated rings. The number of aryl methyl sites for hydroxylation is 4. The normalized spacial score (nSPS) is 10.1. The van der Waals surface area contributed by atoms with Crippen LogP contribution >= 0.6 is 0 Å². The summed E-state index contributed by atoms with van der Waals surface area (Å²) in [5, 5.41) is 3.25. The molecule has 0 atom stereocenters. The molecule has 0 unspecified atom stereocenters. The molecular weight excluding hydrogens is 555 g/mol. The van der Waals surface area contributed by atoms with Crippen LogP contribution in [0.1, 0.15) is 44.5 Å². The summed E-state index contributed by atoms with van der Waals surface area (Å²) in [7, 11) is -1.52. The fraction of sp³-hybridized carbons (Fsp3) is 0.258. The summed E-state index contributed by atoms with van der Waals surface area (Å²) >= 11 is 0. The second-order valence-electron chi connectivity index (χ2n) is 9.46. The second-order valence-corrected chi connectivity index (χ2v) is 12.1. The van der Waals surface area contributed by atoms with Crippen molar-refractivity contribution in [1.82, 2.24) is 0 Å². The quantitative estimate of drug-likeness (QED) is 0.177. The molecule has 4 rings (SSSR count). The zero-order chi connectivity index (χ0) is 23.0. The fourth-order valence-electron chi connectivity index (χ4n) is 5.67. The van der Waals surface area contributed by atoms with Crippen molar-refractivity contribution in [3.63, 3.8) is 0 Å². The van der Waals surface area contributed by atoms with E-state index in [9.17, 15) is 0 Å². The smallest absolute Gasteiger partial charge is 1.00 e. The minimum atomic E-state index is -1.52. The topological polar surface area (TPSA) is 0 Å². The Hall–Kier alpha value is -1.19. The van der Waals surface area contributed by atoms with Crippen molar-refractivity contribution >= 4 is 19.2 Å². The molecule has 0 aliphatic rings. The first-order chi connectivity index (χ1) is 15.3. The molecule has 4 aromatic carbocycles. The van der Waals surface area contributed by atoms with Gasteiger partial charge in [0.1, 0.15) is 0 Å². The van der Waals surface area contributed by atoms with Gasteiger partial charge in [-0.15, -0.1) is 16.7 Å². The number of hydrogen-bond acceptors (Lipinski definition) is 0. The Morgan fingerprint density at radius 1 is 0.556 bits per heavy atom. The maximum Gasteiger partial charge on any atom is 4.00 e. The molecule has 0 saturated carbocycles. The molecule has 5 heteroatoms. The van der Waals surface area contributed by atoms with E-state index in [1.807, 2.05) is 0 Å². The summed E-state index contributed by atoms with van der Waals surface area (Å²) in [6, 6.07) is 25.8. The largest absolute Gasteiger partial charge is 4.00 e. The molecule has 0 saturated heterocycles. The van der Waals surface area contributed by atoms with Gasteiger partial charge in [-0.05, 0) is 27.7 Å². The summed E-state index contributed by atoms with van der Waals surface area (Å²) in [6.07, 6.45) is 0. The summed E-state index contributed by atoms with van der Waals surface area (Å²) in [5.41, 5.74) is 14.6. The Morgan fingerprint density at radius 3 is 1.39 bits per heavy atom. The Bertz CT molecular complexity index is 1190. The summed E-state index contributed by atoms with van der Waals surface area (Å²) in [6.45, 7) is 16.2. The third kappa shape index (κ3) is 6.62. The molecular formula is C31H35Cl3SiTi. The van der Waals surface area contributed by atoms with Gasteiger partial charge >= 0.3 is 21.7 Å². The fourth-order valence-corrected chi connectivity index (χ4v) is 9.87. The van der Waals surface area contributed by atoms with Crippen molar-refractivity contribution < 1.29 is 58.9 Å². The zero-order valence-corrected chi connectivity index (χ0v) is 27.3. The van der Waals surface area contributed by atoms with E-state index in [0.29, 0.717) is 0 Å². The average molecular weight is 590 g/mol. The van der Waals surface area contributed by atoms with Gasteiger partial charge in [0.05, 0.1) is 8.80 Å². The van der Waals surface area contributed by atoms with Crippen molar-refractivity contribution in [2.24, 2.45) is 0 Å². The maximum absolute atomic E-state index is 2.34. The van der Waals surface area contributed by atoms with Crippen LogP contribution in [0.5, 0.6) is 0 Å². The van der Waals surface area contributed by atoms with Crippen molar-refractivity contribution in [2.45, 2.75) is 54.5 Å². The molecule has 0 bridgehead atoms. The van der Waals surface area contributed by atoms with Crippen LogP contribution in [-0.4, -0.2) is 8.80 Å². The summed E-state index contributed by atoms with van der Waals surface area (Å²) in [5.74, 6) is 0. The summed E-state index contributed by atoms with van der Waals surface area (Å²) in [4.78, 5) is 0. The van der Waals surface area contributed by atoms with E-state index in [-0.39, 0.29) is 58.9 Å². The number of halogens is 3. The number of benzene rings is 3. The van der Waals surface area contributed by atoms with E-state index in [0.717, 1.165) is 6.04 Å². The van der Waals surface area contributed by atoms with Crippen LogP contribution in [0.4, 0.5) is 0 Å². The first kappa shape index (κ1) is 34.8. The van der Waals surface area contributed by atoms with Gasteiger partial charge in [0, 0.05) is 0 Å². The number of hydrogen-bond donors (Lipinski definition) is 0. The third-order valence-electron chi connectivity index (χ3n) is 7.51. The van der Waals surface area contributed by atoms with E-state index in [4.69, 9.17) is 0 Å². The van der Waals surface area contributed by atoms with E-state index < -0.39 is 8.80 Å². The van der Waals surface area contributed by atoms with Crippen LogP contribution in [0.3, 0.4) is 0 Å². The van der Waals surface area contributed by atoms with Gasteiger partial charge in [-0.3, -0.25) is 0 Å². The predicted octanol–water partition coefficient (Wildman–Crippen LogP) is -2.64. The van der Waals surface area contributed by atoms with Gasteiger partial charge in [0.25, 0.3) is 0 Å². The summed E-state index contributed by atoms with van der Waals surface area (Å²) < 4.78 is 0.